The zero-order valence-electron chi connectivity index (χ0n) is 13.9. The van der Waals surface area contributed by atoms with Crippen LogP contribution in [0, 0.1) is 5.92 Å². The molecule has 24 heavy (non-hydrogen) atoms. The highest BCUT2D eigenvalue weighted by molar-refractivity contribution is 7.13. The number of aromatic nitrogens is 1. The van der Waals surface area contributed by atoms with Gasteiger partial charge in [0.25, 0.3) is 0 Å². The zero-order chi connectivity index (χ0) is 17.0. The Bertz CT molecular complexity index is 566. The highest BCUT2D eigenvalue weighted by atomic mass is 32.1. The maximum Gasteiger partial charge on any atom is 0.245 e. The van der Waals surface area contributed by atoms with E-state index < -0.39 is 5.54 Å². The Morgan fingerprint density at radius 1 is 1.42 bits per heavy atom. The SMILES string of the molecule is COCCNC(=O)C1(Nc2nccs2)CCN(C(=O)C2CC2)CC1. The quantitative estimate of drug-likeness (QED) is 0.718. The van der Waals surface area contributed by atoms with Gasteiger partial charge in [0.15, 0.2) is 5.13 Å². The summed E-state index contributed by atoms with van der Waals surface area (Å²) in [6.45, 7) is 2.16. The Labute approximate surface area is 145 Å². The summed E-state index contributed by atoms with van der Waals surface area (Å²) in [5.41, 5.74) is -0.716. The largest absolute Gasteiger partial charge is 0.383 e. The van der Waals surface area contributed by atoms with Gasteiger partial charge in [0.05, 0.1) is 6.61 Å². The second-order valence-corrected chi connectivity index (χ2v) is 7.29. The minimum absolute atomic E-state index is 0.0479. The minimum Gasteiger partial charge on any atom is -0.383 e. The topological polar surface area (TPSA) is 83.6 Å². The highest BCUT2D eigenvalue weighted by Crippen LogP contribution is 2.34. The molecule has 0 aromatic carbocycles. The van der Waals surface area contributed by atoms with Crippen LogP contribution in [0.3, 0.4) is 0 Å². The standard InChI is InChI=1S/C16H24N4O3S/c1-23-10-6-17-14(22)16(19-15-18-7-11-24-15)4-8-20(9-5-16)13(21)12-2-3-12/h7,11-12H,2-6,8-10H2,1H3,(H,17,22)(H,18,19). The van der Waals surface area contributed by atoms with Crippen LogP contribution in [0.25, 0.3) is 0 Å². The predicted molar refractivity (Wildman–Crippen MR) is 91.9 cm³/mol. The number of carbonyl (C=O) groups is 2. The molecule has 1 aromatic heterocycles. The number of thiazole rings is 1. The molecule has 3 rings (SSSR count). The van der Waals surface area contributed by atoms with Crippen LogP contribution in [-0.2, 0) is 14.3 Å². The molecular formula is C16H24N4O3S. The number of amides is 2. The Kier molecular flexibility index (Phi) is 5.35. The van der Waals surface area contributed by atoms with Gasteiger partial charge >= 0.3 is 0 Å². The molecule has 0 unspecified atom stereocenters. The van der Waals surface area contributed by atoms with Crippen LogP contribution in [0.1, 0.15) is 25.7 Å². The molecule has 7 nitrogen and oxygen atoms in total. The molecule has 1 aliphatic carbocycles. The molecule has 1 aliphatic heterocycles. The van der Waals surface area contributed by atoms with Gasteiger partial charge in [0, 0.05) is 44.2 Å². The molecule has 2 N–H and O–H groups in total. The van der Waals surface area contributed by atoms with Crippen molar-refractivity contribution < 1.29 is 14.3 Å². The molecule has 8 heteroatoms. The molecule has 1 saturated carbocycles. The zero-order valence-corrected chi connectivity index (χ0v) is 14.7. The number of likely N-dealkylation sites (tertiary alicyclic amines) is 1. The normalized spacial score (nSPS) is 19.8. The monoisotopic (exact) mass is 352 g/mol. The number of nitrogens with one attached hydrogen (secondary N) is 2. The Balaban J connectivity index is 1.66. The average molecular weight is 352 g/mol. The first-order valence-corrected chi connectivity index (χ1v) is 9.26. The second kappa shape index (κ2) is 7.48. The number of rotatable bonds is 7. The van der Waals surface area contributed by atoms with E-state index in [0.717, 1.165) is 18.0 Å². The van der Waals surface area contributed by atoms with Crippen LogP contribution in [0.5, 0.6) is 0 Å². The van der Waals surface area contributed by atoms with E-state index >= 15 is 0 Å². The summed E-state index contributed by atoms with van der Waals surface area (Å²) in [6.07, 6.45) is 4.91. The number of methoxy groups -OCH3 is 1. The molecule has 1 aromatic rings. The van der Waals surface area contributed by atoms with Crippen LogP contribution in [0.2, 0.25) is 0 Å². The summed E-state index contributed by atoms with van der Waals surface area (Å²) in [7, 11) is 1.61. The van der Waals surface area contributed by atoms with E-state index in [1.807, 2.05) is 10.3 Å². The maximum atomic E-state index is 12.8. The third-order valence-corrected chi connectivity index (χ3v) is 5.35. The van der Waals surface area contributed by atoms with E-state index in [4.69, 9.17) is 4.74 Å². The van der Waals surface area contributed by atoms with Gasteiger partial charge < -0.3 is 20.3 Å². The summed E-state index contributed by atoms with van der Waals surface area (Å²) in [4.78, 5) is 31.2. The van der Waals surface area contributed by atoms with E-state index in [1.165, 1.54) is 11.3 Å². The number of piperidine rings is 1. The van der Waals surface area contributed by atoms with Crippen molar-refractivity contribution in [2.24, 2.45) is 5.92 Å². The van der Waals surface area contributed by atoms with Crippen molar-refractivity contribution in [1.29, 1.82) is 0 Å². The molecule has 1 saturated heterocycles. The Morgan fingerprint density at radius 2 is 2.17 bits per heavy atom. The predicted octanol–water partition coefficient (Wildman–Crippen LogP) is 1.09. The Hall–Kier alpha value is -1.67. The lowest BCUT2D eigenvalue weighted by atomic mass is 9.86. The van der Waals surface area contributed by atoms with Crippen molar-refractivity contribution >= 4 is 28.3 Å². The van der Waals surface area contributed by atoms with E-state index in [2.05, 4.69) is 15.6 Å². The molecule has 2 aliphatic rings. The highest BCUT2D eigenvalue weighted by Gasteiger charge is 2.44. The van der Waals surface area contributed by atoms with Gasteiger partial charge in [0.2, 0.25) is 11.8 Å². The number of ether oxygens (including phenoxy) is 1. The minimum atomic E-state index is -0.716. The van der Waals surface area contributed by atoms with Crippen LogP contribution in [-0.4, -0.2) is 60.6 Å². The first kappa shape index (κ1) is 17.2. The fraction of sp³-hybridized carbons (Fsp3) is 0.688. The molecule has 0 atom stereocenters. The average Bonchev–Trinajstić information content (AvgIpc) is 3.33. The number of hydrogen-bond donors (Lipinski definition) is 2. The molecule has 2 amide bonds. The van der Waals surface area contributed by atoms with Crippen LogP contribution in [0.4, 0.5) is 5.13 Å². The van der Waals surface area contributed by atoms with Gasteiger partial charge in [-0.3, -0.25) is 9.59 Å². The van der Waals surface area contributed by atoms with Gasteiger partial charge in [-0.15, -0.1) is 11.3 Å². The third-order valence-electron chi connectivity index (χ3n) is 4.66. The fourth-order valence-corrected chi connectivity index (χ4v) is 3.66. The third kappa shape index (κ3) is 3.87. The van der Waals surface area contributed by atoms with Crippen molar-refractivity contribution in [3.05, 3.63) is 11.6 Å². The summed E-state index contributed by atoms with van der Waals surface area (Å²) >= 11 is 1.48. The molecule has 132 valence electrons. The lowest BCUT2D eigenvalue weighted by molar-refractivity contribution is -0.137. The lowest BCUT2D eigenvalue weighted by Crippen LogP contribution is -2.59. The number of carbonyl (C=O) groups excluding carboxylic acids is 2. The molecule has 2 fully saturated rings. The van der Waals surface area contributed by atoms with Crippen molar-refractivity contribution in [1.82, 2.24) is 15.2 Å². The van der Waals surface area contributed by atoms with E-state index in [1.54, 1.807) is 13.3 Å². The number of anilines is 1. The van der Waals surface area contributed by atoms with Gasteiger partial charge in [-0.05, 0) is 25.7 Å². The van der Waals surface area contributed by atoms with Crippen LogP contribution >= 0.6 is 11.3 Å². The van der Waals surface area contributed by atoms with Gasteiger partial charge in [-0.25, -0.2) is 4.98 Å². The van der Waals surface area contributed by atoms with Crippen molar-refractivity contribution in [2.75, 3.05) is 38.7 Å². The summed E-state index contributed by atoms with van der Waals surface area (Å²) in [5.74, 6) is 0.422. The van der Waals surface area contributed by atoms with Gasteiger partial charge in [0.1, 0.15) is 5.54 Å². The number of nitrogens with zero attached hydrogens (tertiary/aromatic N) is 2. The fourth-order valence-electron chi connectivity index (χ4n) is 3.03. The van der Waals surface area contributed by atoms with E-state index in [-0.39, 0.29) is 17.7 Å². The van der Waals surface area contributed by atoms with Gasteiger partial charge in [-0.2, -0.15) is 0 Å². The van der Waals surface area contributed by atoms with Gasteiger partial charge in [-0.1, -0.05) is 0 Å². The Morgan fingerprint density at radius 3 is 2.75 bits per heavy atom. The maximum absolute atomic E-state index is 12.8. The first-order valence-electron chi connectivity index (χ1n) is 8.38. The van der Waals surface area contributed by atoms with Crippen molar-refractivity contribution in [3.63, 3.8) is 0 Å². The molecule has 2 heterocycles. The number of hydrogen-bond acceptors (Lipinski definition) is 6. The first-order chi connectivity index (χ1) is 11.6. The molecule has 0 bridgehead atoms. The summed E-state index contributed by atoms with van der Waals surface area (Å²) in [6, 6.07) is 0. The summed E-state index contributed by atoms with van der Waals surface area (Å²) in [5, 5.41) is 8.87. The summed E-state index contributed by atoms with van der Waals surface area (Å²) < 4.78 is 5.00. The van der Waals surface area contributed by atoms with Crippen LogP contribution in [0.15, 0.2) is 11.6 Å². The lowest BCUT2D eigenvalue weighted by Gasteiger charge is -2.41. The smallest absolute Gasteiger partial charge is 0.245 e. The molecular weight excluding hydrogens is 328 g/mol. The van der Waals surface area contributed by atoms with Crippen molar-refractivity contribution in [3.8, 4) is 0 Å². The molecule has 0 radical (unpaired) electrons. The van der Waals surface area contributed by atoms with Crippen LogP contribution < -0.4 is 10.6 Å². The molecule has 0 spiro atoms. The van der Waals surface area contributed by atoms with E-state index in [9.17, 15) is 9.59 Å². The van der Waals surface area contributed by atoms with E-state index in [0.29, 0.717) is 39.1 Å². The second-order valence-electron chi connectivity index (χ2n) is 6.39. The van der Waals surface area contributed by atoms with Crippen molar-refractivity contribution in [2.45, 2.75) is 31.2 Å².